The molecule has 16 heavy (non-hydrogen) atoms. The minimum Gasteiger partial charge on any atom is -0.508 e. The largest absolute Gasteiger partial charge is 0.508 e. The summed E-state index contributed by atoms with van der Waals surface area (Å²) in [4.78, 5) is 1.77. The van der Waals surface area contributed by atoms with Crippen LogP contribution in [-0.4, -0.2) is 15.3 Å². The molecule has 0 radical (unpaired) electrons. The highest BCUT2D eigenvalue weighted by Gasteiger charge is 2.02. The van der Waals surface area contributed by atoms with Crippen LogP contribution in [0.1, 0.15) is 0 Å². The molecule has 0 aliphatic carbocycles. The van der Waals surface area contributed by atoms with Crippen molar-refractivity contribution in [2.75, 3.05) is 0 Å². The first-order valence-corrected chi connectivity index (χ1v) is 5.45. The fourth-order valence-corrected chi connectivity index (χ4v) is 2.07. The first-order chi connectivity index (χ1) is 7.65. The van der Waals surface area contributed by atoms with Gasteiger partial charge in [-0.3, -0.25) is 0 Å². The second-order valence-electron chi connectivity index (χ2n) is 3.25. The first kappa shape index (κ1) is 10.7. The van der Waals surface area contributed by atoms with Gasteiger partial charge in [0.1, 0.15) is 5.75 Å². The third-order valence-corrected chi connectivity index (χ3v) is 3.02. The number of phenols is 3. The molecule has 0 spiro atoms. The molecule has 0 aromatic heterocycles. The predicted octanol–water partition coefficient (Wildman–Crippen LogP) is 2.95. The van der Waals surface area contributed by atoms with Crippen molar-refractivity contribution in [1.29, 1.82) is 0 Å². The number of aromatic hydroxyl groups is 3. The standard InChI is InChI=1S/C12H10O3S/c13-8-1-3-9(4-2-8)16-10-5-6-11(14)12(15)7-10/h1-7,13-15H. The molecule has 0 aliphatic rings. The van der Waals surface area contributed by atoms with Gasteiger partial charge in [-0.15, -0.1) is 0 Å². The number of hydrogen-bond acceptors (Lipinski definition) is 4. The van der Waals surface area contributed by atoms with Crippen LogP contribution in [0.25, 0.3) is 0 Å². The molecule has 0 heterocycles. The van der Waals surface area contributed by atoms with Gasteiger partial charge in [-0.2, -0.15) is 0 Å². The van der Waals surface area contributed by atoms with E-state index in [4.69, 9.17) is 10.2 Å². The molecule has 82 valence electrons. The van der Waals surface area contributed by atoms with Gasteiger partial charge in [0.15, 0.2) is 11.5 Å². The van der Waals surface area contributed by atoms with E-state index in [1.54, 1.807) is 30.3 Å². The maximum absolute atomic E-state index is 9.32. The van der Waals surface area contributed by atoms with E-state index in [1.165, 1.54) is 23.9 Å². The van der Waals surface area contributed by atoms with E-state index in [0.29, 0.717) is 0 Å². The number of hydrogen-bond donors (Lipinski definition) is 3. The van der Waals surface area contributed by atoms with Crippen LogP contribution in [-0.2, 0) is 0 Å². The Kier molecular flexibility index (Phi) is 2.92. The normalized spacial score (nSPS) is 10.2. The Balaban J connectivity index is 2.20. The Labute approximate surface area is 97.0 Å². The van der Waals surface area contributed by atoms with Gasteiger partial charge in [0, 0.05) is 9.79 Å². The van der Waals surface area contributed by atoms with Crippen LogP contribution >= 0.6 is 11.8 Å². The Bertz CT molecular complexity index is 494. The maximum Gasteiger partial charge on any atom is 0.158 e. The van der Waals surface area contributed by atoms with Crippen molar-refractivity contribution in [2.45, 2.75) is 9.79 Å². The highest BCUT2D eigenvalue weighted by atomic mass is 32.2. The van der Waals surface area contributed by atoms with Crippen LogP contribution in [0.15, 0.2) is 52.3 Å². The van der Waals surface area contributed by atoms with E-state index in [-0.39, 0.29) is 17.2 Å². The molecule has 0 saturated heterocycles. The first-order valence-electron chi connectivity index (χ1n) is 4.64. The van der Waals surface area contributed by atoms with Gasteiger partial charge in [0.05, 0.1) is 0 Å². The summed E-state index contributed by atoms with van der Waals surface area (Å²) in [7, 11) is 0. The van der Waals surface area contributed by atoms with Crippen LogP contribution < -0.4 is 0 Å². The van der Waals surface area contributed by atoms with Crippen LogP contribution in [0, 0.1) is 0 Å². The van der Waals surface area contributed by atoms with Crippen molar-refractivity contribution in [3.63, 3.8) is 0 Å². The van der Waals surface area contributed by atoms with Crippen LogP contribution in [0.2, 0.25) is 0 Å². The van der Waals surface area contributed by atoms with Crippen molar-refractivity contribution in [3.05, 3.63) is 42.5 Å². The van der Waals surface area contributed by atoms with Gasteiger partial charge in [0.25, 0.3) is 0 Å². The van der Waals surface area contributed by atoms with Crippen molar-refractivity contribution in [2.24, 2.45) is 0 Å². The molecule has 3 nitrogen and oxygen atoms in total. The monoisotopic (exact) mass is 234 g/mol. The predicted molar refractivity (Wildman–Crippen MR) is 62.0 cm³/mol. The minimum absolute atomic E-state index is 0.130. The van der Waals surface area contributed by atoms with Gasteiger partial charge >= 0.3 is 0 Å². The van der Waals surface area contributed by atoms with E-state index in [2.05, 4.69) is 0 Å². The van der Waals surface area contributed by atoms with Crippen LogP contribution in [0.3, 0.4) is 0 Å². The lowest BCUT2D eigenvalue weighted by Gasteiger charge is -2.03. The topological polar surface area (TPSA) is 60.7 Å². The van der Waals surface area contributed by atoms with Crippen LogP contribution in [0.4, 0.5) is 0 Å². The van der Waals surface area contributed by atoms with Gasteiger partial charge in [0.2, 0.25) is 0 Å². The fraction of sp³-hybridized carbons (Fsp3) is 0. The van der Waals surface area contributed by atoms with E-state index in [9.17, 15) is 5.11 Å². The lowest BCUT2D eigenvalue weighted by Crippen LogP contribution is -1.74. The molecule has 2 rings (SSSR count). The van der Waals surface area contributed by atoms with Gasteiger partial charge in [-0.05, 0) is 42.5 Å². The molecule has 0 amide bonds. The third-order valence-electron chi connectivity index (χ3n) is 2.02. The van der Waals surface area contributed by atoms with Crippen molar-refractivity contribution in [3.8, 4) is 17.2 Å². The van der Waals surface area contributed by atoms with Crippen molar-refractivity contribution >= 4 is 11.8 Å². The Hall–Kier alpha value is -1.81. The molecule has 0 saturated carbocycles. The Morgan fingerprint density at radius 3 is 1.94 bits per heavy atom. The zero-order chi connectivity index (χ0) is 11.5. The molecule has 3 N–H and O–H groups in total. The average Bonchev–Trinajstić information content (AvgIpc) is 2.27. The van der Waals surface area contributed by atoms with E-state index in [1.807, 2.05) is 0 Å². The molecule has 0 atom stereocenters. The molecule has 4 heteroatoms. The molecule has 0 unspecified atom stereocenters. The summed E-state index contributed by atoms with van der Waals surface area (Å²) in [5, 5.41) is 27.6. The minimum atomic E-state index is -0.135. The molecular formula is C12H10O3S. The maximum atomic E-state index is 9.32. The highest BCUT2D eigenvalue weighted by molar-refractivity contribution is 7.99. The lowest BCUT2D eigenvalue weighted by molar-refractivity contribution is 0.402. The number of phenolic OH excluding ortho intramolecular Hbond substituents is 3. The van der Waals surface area contributed by atoms with E-state index < -0.39 is 0 Å². The SMILES string of the molecule is Oc1ccc(Sc2ccc(O)c(O)c2)cc1. The number of rotatable bonds is 2. The van der Waals surface area contributed by atoms with E-state index in [0.717, 1.165) is 9.79 Å². The molecular weight excluding hydrogens is 224 g/mol. The summed E-state index contributed by atoms with van der Waals surface area (Å²) < 4.78 is 0. The molecule has 0 fully saturated rings. The summed E-state index contributed by atoms with van der Waals surface area (Å²) in [5.41, 5.74) is 0. The van der Waals surface area contributed by atoms with Crippen molar-refractivity contribution in [1.82, 2.24) is 0 Å². The highest BCUT2D eigenvalue weighted by Crippen LogP contribution is 2.34. The van der Waals surface area contributed by atoms with E-state index >= 15 is 0 Å². The number of benzene rings is 2. The quantitative estimate of drug-likeness (QED) is 0.699. The van der Waals surface area contributed by atoms with Crippen molar-refractivity contribution < 1.29 is 15.3 Å². The third kappa shape index (κ3) is 2.41. The summed E-state index contributed by atoms with van der Waals surface area (Å²) in [5.74, 6) is -0.0447. The summed E-state index contributed by atoms with van der Waals surface area (Å²) in [6, 6.07) is 11.4. The fourth-order valence-electron chi connectivity index (χ4n) is 1.22. The average molecular weight is 234 g/mol. The second-order valence-corrected chi connectivity index (χ2v) is 4.39. The summed E-state index contributed by atoms with van der Waals surface area (Å²) in [6.07, 6.45) is 0. The molecule has 2 aromatic carbocycles. The van der Waals surface area contributed by atoms with Crippen LogP contribution in [0.5, 0.6) is 17.2 Å². The summed E-state index contributed by atoms with van der Waals surface area (Å²) in [6.45, 7) is 0. The second kappa shape index (κ2) is 4.37. The lowest BCUT2D eigenvalue weighted by atomic mass is 10.3. The Morgan fingerprint density at radius 2 is 1.31 bits per heavy atom. The van der Waals surface area contributed by atoms with Gasteiger partial charge in [-0.25, -0.2) is 0 Å². The van der Waals surface area contributed by atoms with Gasteiger partial charge < -0.3 is 15.3 Å². The Morgan fingerprint density at radius 1 is 0.688 bits per heavy atom. The zero-order valence-corrected chi connectivity index (χ0v) is 9.11. The zero-order valence-electron chi connectivity index (χ0n) is 8.29. The molecule has 0 aliphatic heterocycles. The smallest absolute Gasteiger partial charge is 0.158 e. The summed E-state index contributed by atoms with van der Waals surface area (Å²) >= 11 is 1.44. The molecule has 2 aromatic rings. The van der Waals surface area contributed by atoms with Gasteiger partial charge in [-0.1, -0.05) is 11.8 Å². The molecule has 0 bridgehead atoms.